The van der Waals surface area contributed by atoms with E-state index in [1.807, 2.05) is 0 Å². The lowest BCUT2D eigenvalue weighted by Crippen LogP contribution is -2.30. The maximum atomic E-state index is 12.8. The first-order chi connectivity index (χ1) is 12.7. The molecule has 27 heavy (non-hydrogen) atoms. The Kier molecular flexibility index (Phi) is 4.86. The van der Waals surface area contributed by atoms with Crippen LogP contribution in [0.5, 0.6) is 0 Å². The molecule has 0 radical (unpaired) electrons. The van der Waals surface area contributed by atoms with Crippen LogP contribution < -0.4 is 10.6 Å². The van der Waals surface area contributed by atoms with Gasteiger partial charge in [0.25, 0.3) is 5.91 Å². The van der Waals surface area contributed by atoms with Crippen LogP contribution in [0.3, 0.4) is 0 Å². The van der Waals surface area contributed by atoms with Crippen molar-refractivity contribution in [1.82, 2.24) is 4.90 Å². The van der Waals surface area contributed by atoms with E-state index < -0.39 is 15.9 Å². The average molecular weight is 386 g/mol. The fourth-order valence-electron chi connectivity index (χ4n) is 2.72. The number of benzene rings is 2. The molecule has 0 spiro atoms. The normalized spacial score (nSPS) is 12.7. The van der Waals surface area contributed by atoms with Gasteiger partial charge in [0.1, 0.15) is 5.58 Å². The molecule has 0 aliphatic carbocycles. The fraction of sp³-hybridized carbons (Fsp3) is 0.158. The van der Waals surface area contributed by atoms with E-state index in [0.29, 0.717) is 16.5 Å². The number of sulfonamides is 1. The van der Waals surface area contributed by atoms with Crippen molar-refractivity contribution in [2.24, 2.45) is 5.14 Å². The SMILES string of the molecule is CC(c1ccc(S(N)(=O)=O)cc1)N(C)C(=O)c1cc(=O)c2ccccc2o1. The summed E-state index contributed by atoms with van der Waals surface area (Å²) >= 11 is 0. The van der Waals surface area contributed by atoms with Crippen molar-refractivity contribution < 1.29 is 17.6 Å². The molecule has 1 atom stereocenters. The molecule has 140 valence electrons. The van der Waals surface area contributed by atoms with Crippen LogP contribution >= 0.6 is 0 Å². The molecule has 3 rings (SSSR count). The lowest BCUT2D eigenvalue weighted by Gasteiger charge is -2.25. The summed E-state index contributed by atoms with van der Waals surface area (Å²) in [4.78, 5) is 26.4. The van der Waals surface area contributed by atoms with Gasteiger partial charge in [-0.15, -0.1) is 0 Å². The molecular formula is C19H18N2O5S. The molecule has 1 aromatic heterocycles. The third kappa shape index (κ3) is 3.76. The zero-order chi connectivity index (χ0) is 19.8. The number of hydrogen-bond acceptors (Lipinski definition) is 5. The molecule has 0 saturated heterocycles. The Morgan fingerprint density at radius 1 is 1.11 bits per heavy atom. The molecule has 0 fully saturated rings. The van der Waals surface area contributed by atoms with Crippen LogP contribution in [0.25, 0.3) is 11.0 Å². The van der Waals surface area contributed by atoms with E-state index in [1.54, 1.807) is 50.4 Å². The van der Waals surface area contributed by atoms with Gasteiger partial charge in [-0.2, -0.15) is 0 Å². The van der Waals surface area contributed by atoms with Crippen molar-refractivity contribution in [3.8, 4) is 0 Å². The third-order valence-corrected chi connectivity index (χ3v) is 5.37. The van der Waals surface area contributed by atoms with E-state index in [1.165, 1.54) is 23.1 Å². The minimum Gasteiger partial charge on any atom is -0.451 e. The van der Waals surface area contributed by atoms with Crippen LogP contribution in [-0.4, -0.2) is 26.3 Å². The Labute approximate surface area is 156 Å². The summed E-state index contributed by atoms with van der Waals surface area (Å²) in [6, 6.07) is 13.4. The highest BCUT2D eigenvalue weighted by atomic mass is 32.2. The summed E-state index contributed by atoms with van der Waals surface area (Å²) in [7, 11) is -2.20. The maximum absolute atomic E-state index is 12.8. The van der Waals surface area contributed by atoms with Gasteiger partial charge in [0.05, 0.1) is 16.3 Å². The average Bonchev–Trinajstić information content (AvgIpc) is 2.65. The van der Waals surface area contributed by atoms with E-state index in [2.05, 4.69) is 0 Å². The summed E-state index contributed by atoms with van der Waals surface area (Å²) in [5.74, 6) is -0.518. The smallest absolute Gasteiger partial charge is 0.289 e. The predicted molar refractivity (Wildman–Crippen MR) is 101 cm³/mol. The van der Waals surface area contributed by atoms with Crippen LogP contribution in [0.2, 0.25) is 0 Å². The van der Waals surface area contributed by atoms with Crippen LogP contribution in [0, 0.1) is 0 Å². The van der Waals surface area contributed by atoms with Crippen molar-refractivity contribution in [1.29, 1.82) is 0 Å². The number of primary sulfonamides is 1. The largest absolute Gasteiger partial charge is 0.451 e. The summed E-state index contributed by atoms with van der Waals surface area (Å²) in [6.07, 6.45) is 0. The number of carbonyl (C=O) groups excluding carboxylic acids is 1. The first kappa shape index (κ1) is 18.8. The van der Waals surface area contributed by atoms with Gasteiger partial charge in [-0.3, -0.25) is 9.59 Å². The van der Waals surface area contributed by atoms with Gasteiger partial charge >= 0.3 is 0 Å². The Hall–Kier alpha value is -2.97. The Balaban J connectivity index is 1.90. The topological polar surface area (TPSA) is 111 Å². The van der Waals surface area contributed by atoms with Crippen LogP contribution in [-0.2, 0) is 10.0 Å². The molecule has 8 heteroatoms. The van der Waals surface area contributed by atoms with E-state index >= 15 is 0 Å². The Morgan fingerprint density at radius 3 is 2.37 bits per heavy atom. The Bertz CT molecular complexity index is 1170. The molecule has 1 heterocycles. The van der Waals surface area contributed by atoms with Gasteiger partial charge in [0, 0.05) is 13.1 Å². The second kappa shape index (κ2) is 6.98. The predicted octanol–water partition coefficient (Wildman–Crippen LogP) is 2.27. The standard InChI is InChI=1S/C19H18N2O5S/c1-12(13-7-9-14(10-8-13)27(20,24)25)21(2)19(23)18-11-16(22)15-5-3-4-6-17(15)26-18/h3-12H,1-2H3,(H2,20,24,25). The van der Waals surface area contributed by atoms with Crippen LogP contribution in [0.15, 0.2) is 68.7 Å². The number of carbonyl (C=O) groups is 1. The third-order valence-electron chi connectivity index (χ3n) is 4.44. The summed E-state index contributed by atoms with van der Waals surface area (Å²) < 4.78 is 28.3. The van der Waals surface area contributed by atoms with E-state index in [9.17, 15) is 18.0 Å². The minimum atomic E-state index is -3.78. The van der Waals surface area contributed by atoms with Gasteiger partial charge in [0.2, 0.25) is 10.0 Å². The highest BCUT2D eigenvalue weighted by Gasteiger charge is 2.22. The molecular weight excluding hydrogens is 368 g/mol. The number of rotatable bonds is 4. The fourth-order valence-corrected chi connectivity index (χ4v) is 3.23. The lowest BCUT2D eigenvalue weighted by molar-refractivity contribution is 0.0711. The van der Waals surface area contributed by atoms with E-state index in [-0.39, 0.29) is 22.1 Å². The number of nitrogens with two attached hydrogens (primary N) is 1. The minimum absolute atomic E-state index is 0.00652. The van der Waals surface area contributed by atoms with Crippen molar-refractivity contribution in [2.45, 2.75) is 17.9 Å². The maximum Gasteiger partial charge on any atom is 0.289 e. The van der Waals surface area contributed by atoms with Crippen LogP contribution in [0.1, 0.15) is 29.1 Å². The zero-order valence-corrected chi connectivity index (χ0v) is 15.6. The Morgan fingerprint density at radius 2 is 1.74 bits per heavy atom. The first-order valence-electron chi connectivity index (χ1n) is 8.11. The second-order valence-electron chi connectivity index (χ2n) is 6.18. The summed E-state index contributed by atoms with van der Waals surface area (Å²) in [6.45, 7) is 1.78. The van der Waals surface area contributed by atoms with Crippen molar-refractivity contribution >= 4 is 26.9 Å². The summed E-state index contributed by atoms with van der Waals surface area (Å²) in [5.41, 5.74) is 0.757. The molecule has 3 aromatic rings. The van der Waals surface area contributed by atoms with Gasteiger partial charge in [-0.25, -0.2) is 13.6 Å². The number of para-hydroxylation sites is 1. The van der Waals surface area contributed by atoms with Gasteiger partial charge < -0.3 is 9.32 Å². The van der Waals surface area contributed by atoms with E-state index in [4.69, 9.17) is 9.56 Å². The molecule has 2 N–H and O–H groups in total. The molecule has 1 unspecified atom stereocenters. The molecule has 0 aliphatic heterocycles. The quantitative estimate of drug-likeness (QED) is 0.739. The molecule has 0 saturated carbocycles. The summed E-state index contributed by atoms with van der Waals surface area (Å²) in [5, 5.41) is 5.50. The van der Waals surface area contributed by atoms with Gasteiger partial charge in [-0.05, 0) is 36.8 Å². The second-order valence-corrected chi connectivity index (χ2v) is 7.74. The molecule has 0 bridgehead atoms. The van der Waals surface area contributed by atoms with Crippen molar-refractivity contribution in [2.75, 3.05) is 7.05 Å². The van der Waals surface area contributed by atoms with Crippen molar-refractivity contribution in [3.05, 3.63) is 76.1 Å². The highest BCUT2D eigenvalue weighted by molar-refractivity contribution is 7.89. The number of fused-ring (bicyclic) bond motifs is 1. The highest BCUT2D eigenvalue weighted by Crippen LogP contribution is 2.23. The number of hydrogen-bond donors (Lipinski definition) is 1. The van der Waals surface area contributed by atoms with Crippen molar-refractivity contribution in [3.63, 3.8) is 0 Å². The monoisotopic (exact) mass is 386 g/mol. The van der Waals surface area contributed by atoms with Gasteiger partial charge in [-0.1, -0.05) is 24.3 Å². The lowest BCUT2D eigenvalue weighted by atomic mass is 10.1. The molecule has 0 aliphatic rings. The first-order valence-corrected chi connectivity index (χ1v) is 9.66. The molecule has 7 nitrogen and oxygen atoms in total. The molecule has 2 aromatic carbocycles. The number of nitrogens with zero attached hydrogens (tertiary/aromatic N) is 1. The molecule has 1 amide bonds. The van der Waals surface area contributed by atoms with E-state index in [0.717, 1.165) is 0 Å². The van der Waals surface area contributed by atoms with Crippen LogP contribution in [0.4, 0.5) is 0 Å². The number of amides is 1. The zero-order valence-electron chi connectivity index (χ0n) is 14.7. The van der Waals surface area contributed by atoms with Gasteiger partial charge in [0.15, 0.2) is 11.2 Å².